The molecule has 0 spiro atoms. The molecule has 0 radical (unpaired) electrons. The number of carbonyl (C=O) groups is 2. The zero-order valence-electron chi connectivity index (χ0n) is 13.3. The molecule has 0 aromatic heterocycles. The van der Waals surface area contributed by atoms with Crippen molar-refractivity contribution in [1.29, 1.82) is 0 Å². The average Bonchev–Trinajstić information content (AvgIpc) is 3.05. The molecule has 2 fully saturated rings. The van der Waals surface area contributed by atoms with E-state index in [9.17, 15) is 14.7 Å². The molecule has 120 valence electrons. The van der Waals surface area contributed by atoms with E-state index < -0.39 is 5.97 Å². The van der Waals surface area contributed by atoms with Gasteiger partial charge in [-0.1, -0.05) is 13.8 Å². The van der Waals surface area contributed by atoms with Crippen LogP contribution in [0.4, 0.5) is 0 Å². The summed E-state index contributed by atoms with van der Waals surface area (Å²) in [6, 6.07) is -0.183. The SMILES string of the molecule is CCC(CC)NC(=O)C(C)NC1C2CCC(C2)C1C(=O)O. The summed E-state index contributed by atoms with van der Waals surface area (Å²) in [6.07, 6.45) is 4.94. The van der Waals surface area contributed by atoms with Gasteiger partial charge in [0.1, 0.15) is 0 Å². The minimum Gasteiger partial charge on any atom is -0.481 e. The van der Waals surface area contributed by atoms with Crippen molar-refractivity contribution >= 4 is 11.9 Å². The van der Waals surface area contributed by atoms with E-state index in [0.29, 0.717) is 11.8 Å². The van der Waals surface area contributed by atoms with Gasteiger partial charge < -0.3 is 15.7 Å². The van der Waals surface area contributed by atoms with E-state index in [2.05, 4.69) is 24.5 Å². The number of hydrogen-bond donors (Lipinski definition) is 3. The van der Waals surface area contributed by atoms with E-state index in [1.807, 2.05) is 6.92 Å². The normalized spacial score (nSPS) is 32.4. The van der Waals surface area contributed by atoms with Crippen LogP contribution < -0.4 is 10.6 Å². The second-order valence-corrected chi connectivity index (χ2v) is 6.63. The molecular weight excluding hydrogens is 268 g/mol. The molecule has 0 heterocycles. The van der Waals surface area contributed by atoms with Crippen molar-refractivity contribution < 1.29 is 14.7 Å². The summed E-state index contributed by atoms with van der Waals surface area (Å²) in [7, 11) is 0. The van der Waals surface area contributed by atoms with Crippen LogP contribution in [0, 0.1) is 17.8 Å². The lowest BCUT2D eigenvalue weighted by Crippen LogP contribution is -2.53. The molecule has 1 amide bonds. The molecular formula is C16H28N2O3. The number of rotatable bonds is 7. The van der Waals surface area contributed by atoms with Crippen molar-refractivity contribution in [2.24, 2.45) is 17.8 Å². The fourth-order valence-corrected chi connectivity index (χ4v) is 4.07. The average molecular weight is 296 g/mol. The predicted molar refractivity (Wildman–Crippen MR) is 80.9 cm³/mol. The smallest absolute Gasteiger partial charge is 0.308 e. The molecule has 0 saturated heterocycles. The molecule has 0 aliphatic heterocycles. The minimum absolute atomic E-state index is 0.0180. The number of aliphatic carboxylic acids is 1. The molecule has 0 aromatic carbocycles. The topological polar surface area (TPSA) is 78.4 Å². The van der Waals surface area contributed by atoms with Gasteiger partial charge in [0.25, 0.3) is 0 Å². The number of fused-ring (bicyclic) bond motifs is 2. The zero-order chi connectivity index (χ0) is 15.6. The Morgan fingerprint density at radius 2 is 1.81 bits per heavy atom. The summed E-state index contributed by atoms with van der Waals surface area (Å²) in [5.74, 6) is -0.353. The van der Waals surface area contributed by atoms with E-state index >= 15 is 0 Å². The molecule has 5 heteroatoms. The first-order chi connectivity index (χ1) is 9.97. The Morgan fingerprint density at radius 3 is 2.38 bits per heavy atom. The third-order valence-electron chi connectivity index (χ3n) is 5.37. The van der Waals surface area contributed by atoms with Gasteiger partial charge in [0.05, 0.1) is 12.0 Å². The molecule has 2 aliphatic rings. The Balaban J connectivity index is 1.93. The fraction of sp³-hybridized carbons (Fsp3) is 0.875. The largest absolute Gasteiger partial charge is 0.481 e. The standard InChI is InChI=1S/C16H28N2O3/c1-4-12(5-2)18-15(19)9(3)17-14-11-7-6-10(8-11)13(14)16(20)21/h9-14,17H,4-8H2,1-3H3,(H,18,19)(H,20,21). The Labute approximate surface area is 126 Å². The van der Waals surface area contributed by atoms with Crippen molar-refractivity contribution in [3.63, 3.8) is 0 Å². The summed E-state index contributed by atoms with van der Waals surface area (Å²) in [4.78, 5) is 23.7. The summed E-state index contributed by atoms with van der Waals surface area (Å²) >= 11 is 0. The molecule has 0 aromatic rings. The number of hydrogen-bond acceptors (Lipinski definition) is 3. The van der Waals surface area contributed by atoms with Crippen LogP contribution in [0.15, 0.2) is 0 Å². The zero-order valence-corrected chi connectivity index (χ0v) is 13.3. The summed E-state index contributed by atoms with van der Waals surface area (Å²) in [5.41, 5.74) is 0. The van der Waals surface area contributed by atoms with E-state index in [0.717, 1.165) is 32.1 Å². The van der Waals surface area contributed by atoms with Gasteiger partial charge >= 0.3 is 5.97 Å². The van der Waals surface area contributed by atoms with Crippen LogP contribution in [-0.4, -0.2) is 35.1 Å². The van der Waals surface area contributed by atoms with Crippen LogP contribution >= 0.6 is 0 Å². The monoisotopic (exact) mass is 296 g/mol. The maximum Gasteiger partial charge on any atom is 0.308 e. The van der Waals surface area contributed by atoms with Gasteiger partial charge in [-0.25, -0.2) is 0 Å². The van der Waals surface area contributed by atoms with Crippen molar-refractivity contribution in [1.82, 2.24) is 10.6 Å². The fourth-order valence-electron chi connectivity index (χ4n) is 4.07. The van der Waals surface area contributed by atoms with Gasteiger partial charge in [0.2, 0.25) is 5.91 Å². The van der Waals surface area contributed by atoms with Gasteiger partial charge in [-0.2, -0.15) is 0 Å². The molecule has 21 heavy (non-hydrogen) atoms. The lowest BCUT2D eigenvalue weighted by Gasteiger charge is -2.31. The van der Waals surface area contributed by atoms with Crippen molar-refractivity contribution in [2.75, 3.05) is 0 Å². The van der Waals surface area contributed by atoms with E-state index in [1.165, 1.54) is 0 Å². The number of amides is 1. The maximum absolute atomic E-state index is 12.2. The molecule has 2 rings (SSSR count). The van der Waals surface area contributed by atoms with Gasteiger partial charge in [-0.05, 0) is 50.9 Å². The van der Waals surface area contributed by atoms with Crippen LogP contribution in [0.3, 0.4) is 0 Å². The number of carbonyl (C=O) groups excluding carboxylic acids is 1. The molecule has 5 atom stereocenters. The quantitative estimate of drug-likeness (QED) is 0.669. The lowest BCUT2D eigenvalue weighted by molar-refractivity contribution is -0.145. The third-order valence-corrected chi connectivity index (χ3v) is 5.37. The number of carboxylic acid groups (broad SMARTS) is 1. The Kier molecular flexibility index (Phi) is 5.25. The Hall–Kier alpha value is -1.10. The molecule has 3 N–H and O–H groups in total. The summed E-state index contributed by atoms with van der Waals surface area (Å²) < 4.78 is 0. The van der Waals surface area contributed by atoms with Gasteiger partial charge in [0, 0.05) is 12.1 Å². The molecule has 2 saturated carbocycles. The summed E-state index contributed by atoms with van der Waals surface area (Å²) in [5, 5.41) is 15.8. The van der Waals surface area contributed by atoms with Crippen LogP contribution in [0.25, 0.3) is 0 Å². The van der Waals surface area contributed by atoms with Crippen LogP contribution in [0.1, 0.15) is 52.9 Å². The first-order valence-electron chi connectivity index (χ1n) is 8.27. The summed E-state index contributed by atoms with van der Waals surface area (Å²) in [6.45, 7) is 5.95. The molecule has 2 bridgehead atoms. The maximum atomic E-state index is 12.2. The van der Waals surface area contributed by atoms with E-state index in [1.54, 1.807) is 0 Å². The van der Waals surface area contributed by atoms with E-state index in [4.69, 9.17) is 0 Å². The van der Waals surface area contributed by atoms with Crippen molar-refractivity contribution in [3.05, 3.63) is 0 Å². The number of nitrogens with one attached hydrogen (secondary N) is 2. The van der Waals surface area contributed by atoms with Gasteiger partial charge in [-0.3, -0.25) is 9.59 Å². The van der Waals surface area contributed by atoms with Gasteiger partial charge in [0.15, 0.2) is 0 Å². The number of carboxylic acids is 1. The van der Waals surface area contributed by atoms with Crippen LogP contribution in [-0.2, 0) is 9.59 Å². The first kappa shape index (κ1) is 16.3. The lowest BCUT2D eigenvalue weighted by atomic mass is 9.84. The van der Waals surface area contributed by atoms with Crippen molar-refractivity contribution in [3.8, 4) is 0 Å². The highest BCUT2D eigenvalue weighted by molar-refractivity contribution is 5.81. The second kappa shape index (κ2) is 6.77. The molecule has 5 nitrogen and oxygen atoms in total. The van der Waals surface area contributed by atoms with E-state index in [-0.39, 0.29) is 30.0 Å². The predicted octanol–water partition coefficient (Wildman–Crippen LogP) is 1.77. The highest BCUT2D eigenvalue weighted by Gasteiger charge is 2.51. The second-order valence-electron chi connectivity index (χ2n) is 6.63. The highest BCUT2D eigenvalue weighted by Crippen LogP contribution is 2.48. The van der Waals surface area contributed by atoms with Crippen LogP contribution in [0.2, 0.25) is 0 Å². The van der Waals surface area contributed by atoms with Crippen LogP contribution in [0.5, 0.6) is 0 Å². The third kappa shape index (κ3) is 3.39. The highest BCUT2D eigenvalue weighted by atomic mass is 16.4. The van der Waals surface area contributed by atoms with Crippen molar-refractivity contribution in [2.45, 2.75) is 71.0 Å². The minimum atomic E-state index is -0.715. The molecule has 5 unspecified atom stereocenters. The Morgan fingerprint density at radius 1 is 1.19 bits per heavy atom. The Bertz CT molecular complexity index is 395. The first-order valence-corrected chi connectivity index (χ1v) is 8.27. The van der Waals surface area contributed by atoms with Gasteiger partial charge in [-0.15, -0.1) is 0 Å². The molecule has 2 aliphatic carbocycles.